The molecule has 0 spiro atoms. The lowest BCUT2D eigenvalue weighted by atomic mass is 9.80. The van der Waals surface area contributed by atoms with Crippen LogP contribution in [0.15, 0.2) is 53.0 Å². The van der Waals surface area contributed by atoms with Crippen molar-refractivity contribution in [1.29, 1.82) is 0 Å². The molecule has 0 bridgehead atoms. The number of anilines is 1. The van der Waals surface area contributed by atoms with Gasteiger partial charge in [0.05, 0.1) is 36.3 Å². The number of aromatic nitrogens is 1. The number of halogens is 1. The first-order valence-electron chi connectivity index (χ1n) is 11.2. The van der Waals surface area contributed by atoms with Crippen molar-refractivity contribution < 1.29 is 23.8 Å². The molecule has 0 saturated carbocycles. The summed E-state index contributed by atoms with van der Waals surface area (Å²) < 4.78 is 16.5. The lowest BCUT2D eigenvalue weighted by Crippen LogP contribution is -2.33. The molecule has 0 fully saturated rings. The molecule has 1 unspecified atom stereocenters. The zero-order valence-electron chi connectivity index (χ0n) is 20.4. The second-order valence-corrected chi connectivity index (χ2v) is 9.97. The molecule has 0 radical (unpaired) electrons. The number of allylic oxidation sites excluding steroid dienone is 2. The molecule has 1 aliphatic rings. The topological polar surface area (TPSA) is 98.8 Å². The summed E-state index contributed by atoms with van der Waals surface area (Å²) in [6.45, 7) is 8.09. The quantitative estimate of drug-likeness (QED) is 0.341. The Hall–Kier alpha value is -2.88. The molecule has 3 rings (SSSR count). The van der Waals surface area contributed by atoms with E-state index in [1.165, 1.54) is 18.4 Å². The molecule has 1 aromatic carbocycles. The Morgan fingerprint density at radius 2 is 1.89 bits per heavy atom. The summed E-state index contributed by atoms with van der Waals surface area (Å²) in [6, 6.07) is 7.60. The van der Waals surface area contributed by atoms with Crippen LogP contribution in [0.1, 0.15) is 44.1 Å². The third-order valence-electron chi connectivity index (χ3n) is 5.28. The minimum Gasteiger partial charge on any atom is -0.460 e. The monoisotopic (exact) mass is 519 g/mol. The van der Waals surface area contributed by atoms with Crippen LogP contribution in [0.25, 0.3) is 0 Å². The Balaban J connectivity index is 1.99. The number of carbonyl (C=O) groups is 2. The van der Waals surface area contributed by atoms with Crippen LogP contribution in [0.2, 0.25) is 4.47 Å². The minimum atomic E-state index is -0.669. The van der Waals surface area contributed by atoms with Gasteiger partial charge < -0.3 is 24.8 Å². The minimum absolute atomic E-state index is 0.103. The van der Waals surface area contributed by atoms with Crippen LogP contribution in [0.4, 0.5) is 5.69 Å². The Bertz CT molecular complexity index is 1140. The Kier molecular flexibility index (Phi) is 9.31. The number of nitrogens with zero attached hydrogens (tertiary/aromatic N) is 1. The van der Waals surface area contributed by atoms with Gasteiger partial charge in [-0.15, -0.1) is 11.3 Å². The highest BCUT2D eigenvalue weighted by molar-refractivity contribution is 7.15. The van der Waals surface area contributed by atoms with Crippen LogP contribution >= 0.6 is 22.9 Å². The summed E-state index contributed by atoms with van der Waals surface area (Å²) in [5, 5.41) is 6.51. The van der Waals surface area contributed by atoms with Crippen LogP contribution in [0, 0.1) is 0 Å². The maximum atomic E-state index is 13.2. The van der Waals surface area contributed by atoms with E-state index in [9.17, 15) is 9.59 Å². The highest BCUT2D eigenvalue weighted by Gasteiger charge is 2.38. The lowest BCUT2D eigenvalue weighted by molar-refractivity contribution is -0.143. The molecule has 35 heavy (non-hydrogen) atoms. The fraction of sp³-hybridized carbons (Fsp3) is 0.400. The molecule has 10 heteroatoms. The number of hydrogen-bond acceptors (Lipinski definition) is 9. The number of hydrogen-bond donors (Lipinski definition) is 2. The van der Waals surface area contributed by atoms with Gasteiger partial charge in [-0.1, -0.05) is 23.7 Å². The first kappa shape index (κ1) is 26.7. The van der Waals surface area contributed by atoms with Gasteiger partial charge in [-0.3, -0.25) is 0 Å². The summed E-state index contributed by atoms with van der Waals surface area (Å²) >= 11 is 7.34. The second-order valence-electron chi connectivity index (χ2n) is 8.28. The van der Waals surface area contributed by atoms with Gasteiger partial charge in [0, 0.05) is 35.3 Å². The smallest absolute Gasteiger partial charge is 0.337 e. The van der Waals surface area contributed by atoms with Crippen molar-refractivity contribution in [3.8, 4) is 0 Å². The maximum Gasteiger partial charge on any atom is 0.337 e. The lowest BCUT2D eigenvalue weighted by Gasteiger charge is -2.31. The highest BCUT2D eigenvalue weighted by atomic mass is 35.5. The summed E-state index contributed by atoms with van der Waals surface area (Å²) in [4.78, 5) is 31.4. The molecule has 1 aromatic heterocycles. The van der Waals surface area contributed by atoms with Crippen molar-refractivity contribution in [2.24, 2.45) is 0 Å². The third kappa shape index (κ3) is 6.84. The van der Waals surface area contributed by atoms with Crippen LogP contribution in [-0.2, 0) is 30.3 Å². The van der Waals surface area contributed by atoms with E-state index in [2.05, 4.69) is 15.6 Å². The molecular weight excluding hydrogens is 490 g/mol. The van der Waals surface area contributed by atoms with E-state index in [1.807, 2.05) is 24.3 Å². The Labute approximate surface area is 214 Å². The van der Waals surface area contributed by atoms with E-state index in [0.717, 1.165) is 16.1 Å². The van der Waals surface area contributed by atoms with Gasteiger partial charge in [-0.25, -0.2) is 14.6 Å². The first-order chi connectivity index (χ1) is 16.7. The number of carbonyl (C=O) groups excluding carboxylic acids is 2. The summed E-state index contributed by atoms with van der Waals surface area (Å²) in [5.41, 5.74) is 3.55. The van der Waals surface area contributed by atoms with E-state index in [-0.39, 0.29) is 19.3 Å². The molecule has 0 aliphatic carbocycles. The number of thiazole rings is 1. The normalized spacial score (nSPS) is 15.8. The number of esters is 2. The molecular formula is C25H30ClN3O5S. The number of ether oxygens (including phenoxy) is 3. The Morgan fingerprint density at radius 1 is 1.17 bits per heavy atom. The van der Waals surface area contributed by atoms with E-state index < -0.39 is 17.9 Å². The molecule has 8 nitrogen and oxygen atoms in total. The average Bonchev–Trinajstić information content (AvgIpc) is 3.22. The molecule has 1 aliphatic heterocycles. The second kappa shape index (κ2) is 12.2. The van der Waals surface area contributed by atoms with Gasteiger partial charge >= 0.3 is 11.9 Å². The molecule has 2 N–H and O–H groups in total. The third-order valence-corrected chi connectivity index (χ3v) is 6.39. The average molecular weight is 520 g/mol. The van der Waals surface area contributed by atoms with Crippen molar-refractivity contribution in [2.45, 2.75) is 46.3 Å². The standard InChI is InChI=1S/C25H30ClN3O5S/c1-14(2)34-24(31)21-16(4)29-15(3)20(23(30)33-10-9-32-5)22(21)17-7-6-8-18(11-17)27-12-19-13-28-25(26)35-19/h6-8,11,13-14,22,27,29H,9-10,12H2,1-5H3. The Morgan fingerprint density at radius 3 is 2.51 bits per heavy atom. The van der Waals surface area contributed by atoms with Crippen molar-refractivity contribution in [2.75, 3.05) is 25.6 Å². The van der Waals surface area contributed by atoms with Crippen molar-refractivity contribution >= 4 is 40.6 Å². The number of nitrogens with one attached hydrogen (secondary N) is 2. The van der Waals surface area contributed by atoms with Crippen molar-refractivity contribution in [1.82, 2.24) is 10.3 Å². The van der Waals surface area contributed by atoms with Gasteiger partial charge in [0.15, 0.2) is 4.47 Å². The zero-order chi connectivity index (χ0) is 25.5. The molecule has 0 amide bonds. The molecule has 2 heterocycles. The van der Waals surface area contributed by atoms with Gasteiger partial charge in [0.1, 0.15) is 6.61 Å². The first-order valence-corrected chi connectivity index (χ1v) is 12.4. The van der Waals surface area contributed by atoms with E-state index in [4.69, 9.17) is 25.8 Å². The highest BCUT2D eigenvalue weighted by Crippen LogP contribution is 2.40. The van der Waals surface area contributed by atoms with Gasteiger partial charge in [0.25, 0.3) is 0 Å². The van der Waals surface area contributed by atoms with Crippen LogP contribution < -0.4 is 10.6 Å². The largest absolute Gasteiger partial charge is 0.460 e. The predicted octanol–water partition coefficient (Wildman–Crippen LogP) is 4.78. The fourth-order valence-corrected chi connectivity index (χ4v) is 4.74. The molecule has 2 aromatic rings. The van der Waals surface area contributed by atoms with E-state index in [0.29, 0.717) is 33.6 Å². The molecule has 1 atom stereocenters. The molecule has 0 saturated heterocycles. The van der Waals surface area contributed by atoms with Crippen LogP contribution in [0.5, 0.6) is 0 Å². The van der Waals surface area contributed by atoms with Crippen LogP contribution in [-0.4, -0.2) is 43.4 Å². The number of methoxy groups -OCH3 is 1. The van der Waals surface area contributed by atoms with Crippen molar-refractivity contribution in [3.05, 3.63) is 67.9 Å². The number of rotatable bonds is 10. The van der Waals surface area contributed by atoms with E-state index >= 15 is 0 Å². The van der Waals surface area contributed by atoms with Gasteiger partial charge in [0.2, 0.25) is 0 Å². The number of dihydropyridines is 1. The summed E-state index contributed by atoms with van der Waals surface area (Å²) in [7, 11) is 1.54. The predicted molar refractivity (Wildman–Crippen MR) is 136 cm³/mol. The summed E-state index contributed by atoms with van der Waals surface area (Å²) in [5.74, 6) is -1.67. The zero-order valence-corrected chi connectivity index (χ0v) is 22.0. The van der Waals surface area contributed by atoms with Gasteiger partial charge in [-0.2, -0.15) is 0 Å². The number of benzene rings is 1. The summed E-state index contributed by atoms with van der Waals surface area (Å²) in [6.07, 6.45) is 1.41. The van der Waals surface area contributed by atoms with Gasteiger partial charge in [-0.05, 0) is 45.4 Å². The van der Waals surface area contributed by atoms with Crippen LogP contribution in [0.3, 0.4) is 0 Å². The fourth-order valence-electron chi connectivity index (χ4n) is 3.82. The SMILES string of the molecule is COCCOC(=O)C1=C(C)NC(C)=C(C(=O)OC(C)C)C1c1cccc(NCc2cnc(Cl)s2)c1. The van der Waals surface area contributed by atoms with Crippen molar-refractivity contribution in [3.63, 3.8) is 0 Å². The maximum absolute atomic E-state index is 13.2. The van der Waals surface area contributed by atoms with E-state index in [1.54, 1.807) is 33.9 Å². The molecule has 188 valence electrons.